The number of rotatable bonds is 5. The Morgan fingerprint density at radius 1 is 1.57 bits per heavy atom. The molecule has 0 radical (unpaired) electrons. The number of Topliss-reactive ketones (excluding diaryl/α,β-unsaturated/α-hetero) is 1. The van der Waals surface area contributed by atoms with Crippen LogP contribution in [0.1, 0.15) is 39.5 Å². The van der Waals surface area contributed by atoms with E-state index in [9.17, 15) is 9.59 Å². The van der Waals surface area contributed by atoms with Gasteiger partial charge in [0.25, 0.3) is 0 Å². The van der Waals surface area contributed by atoms with Crippen LogP contribution in [0.15, 0.2) is 0 Å². The van der Waals surface area contributed by atoms with E-state index < -0.39 is 0 Å². The highest BCUT2D eigenvalue weighted by atomic mass is 16.2. The molecular weight excluding hydrogens is 178 g/mol. The molecule has 0 spiro atoms. The Morgan fingerprint density at radius 2 is 2.29 bits per heavy atom. The zero-order chi connectivity index (χ0) is 10.6. The summed E-state index contributed by atoms with van der Waals surface area (Å²) < 4.78 is 0. The second-order valence-corrected chi connectivity index (χ2v) is 4.14. The predicted octanol–water partition coefficient (Wildman–Crippen LogP) is 1.61. The molecule has 1 amide bonds. The molecule has 1 atom stereocenters. The van der Waals surface area contributed by atoms with E-state index in [1.54, 1.807) is 0 Å². The second-order valence-electron chi connectivity index (χ2n) is 4.14. The molecule has 0 aromatic carbocycles. The molecule has 1 rings (SSSR count). The minimum atomic E-state index is 0.251. The van der Waals surface area contributed by atoms with Crippen molar-refractivity contribution in [3.05, 3.63) is 0 Å². The van der Waals surface area contributed by atoms with Crippen molar-refractivity contribution in [2.75, 3.05) is 13.1 Å². The summed E-state index contributed by atoms with van der Waals surface area (Å²) in [7, 11) is 0. The molecule has 14 heavy (non-hydrogen) atoms. The molecule has 1 fully saturated rings. The SMILES string of the molecule is CCC(=O)CCCN1CC(C)CC1=O. The largest absolute Gasteiger partial charge is 0.342 e. The Balaban J connectivity index is 2.19. The molecule has 80 valence electrons. The minimum Gasteiger partial charge on any atom is -0.342 e. The fourth-order valence-electron chi connectivity index (χ4n) is 1.83. The fraction of sp³-hybridized carbons (Fsp3) is 0.818. The summed E-state index contributed by atoms with van der Waals surface area (Å²) in [6.07, 6.45) is 2.74. The Labute approximate surface area is 85.5 Å². The summed E-state index contributed by atoms with van der Waals surface area (Å²) in [6, 6.07) is 0. The van der Waals surface area contributed by atoms with Gasteiger partial charge in [-0.05, 0) is 12.3 Å². The molecule has 0 saturated carbocycles. The Hall–Kier alpha value is -0.860. The van der Waals surface area contributed by atoms with Gasteiger partial charge >= 0.3 is 0 Å². The highest BCUT2D eigenvalue weighted by molar-refractivity contribution is 5.79. The maximum atomic E-state index is 11.4. The van der Waals surface area contributed by atoms with Gasteiger partial charge in [0, 0.05) is 32.4 Å². The Morgan fingerprint density at radius 3 is 2.79 bits per heavy atom. The monoisotopic (exact) mass is 197 g/mol. The molecule has 1 heterocycles. The van der Waals surface area contributed by atoms with Crippen LogP contribution < -0.4 is 0 Å². The fourth-order valence-corrected chi connectivity index (χ4v) is 1.83. The first kappa shape index (κ1) is 11.2. The van der Waals surface area contributed by atoms with Gasteiger partial charge in [-0.25, -0.2) is 0 Å². The molecule has 1 unspecified atom stereocenters. The number of hydrogen-bond donors (Lipinski definition) is 0. The van der Waals surface area contributed by atoms with Gasteiger partial charge in [0.2, 0.25) is 5.91 Å². The zero-order valence-electron chi connectivity index (χ0n) is 9.08. The maximum Gasteiger partial charge on any atom is 0.222 e. The average molecular weight is 197 g/mol. The van der Waals surface area contributed by atoms with Crippen LogP contribution >= 0.6 is 0 Å². The van der Waals surface area contributed by atoms with E-state index in [1.807, 2.05) is 11.8 Å². The number of carbonyl (C=O) groups is 2. The lowest BCUT2D eigenvalue weighted by Gasteiger charge is -2.15. The Kier molecular flexibility index (Phi) is 4.11. The van der Waals surface area contributed by atoms with Crippen molar-refractivity contribution in [2.24, 2.45) is 5.92 Å². The molecule has 1 aliphatic rings. The quantitative estimate of drug-likeness (QED) is 0.671. The van der Waals surface area contributed by atoms with Crippen molar-refractivity contribution in [3.63, 3.8) is 0 Å². The van der Waals surface area contributed by atoms with Gasteiger partial charge in [-0.2, -0.15) is 0 Å². The van der Waals surface area contributed by atoms with Crippen LogP contribution in [0.2, 0.25) is 0 Å². The molecular formula is C11H19NO2. The second kappa shape index (κ2) is 5.13. The number of carbonyl (C=O) groups excluding carboxylic acids is 2. The third-order valence-corrected chi connectivity index (χ3v) is 2.69. The lowest BCUT2D eigenvalue weighted by molar-refractivity contribution is -0.128. The van der Waals surface area contributed by atoms with E-state index in [1.165, 1.54) is 0 Å². The van der Waals surface area contributed by atoms with E-state index in [-0.39, 0.29) is 5.91 Å². The molecule has 0 bridgehead atoms. The van der Waals surface area contributed by atoms with Crippen LogP contribution in [-0.4, -0.2) is 29.7 Å². The summed E-state index contributed by atoms with van der Waals surface area (Å²) in [6.45, 7) is 5.61. The molecule has 1 saturated heterocycles. The highest BCUT2D eigenvalue weighted by Gasteiger charge is 2.25. The number of nitrogens with zero attached hydrogens (tertiary/aromatic N) is 1. The third-order valence-electron chi connectivity index (χ3n) is 2.69. The van der Waals surface area contributed by atoms with Crippen molar-refractivity contribution >= 4 is 11.7 Å². The molecule has 3 nitrogen and oxygen atoms in total. The van der Waals surface area contributed by atoms with Crippen LogP contribution in [0.25, 0.3) is 0 Å². The van der Waals surface area contributed by atoms with Crippen LogP contribution in [0, 0.1) is 5.92 Å². The topological polar surface area (TPSA) is 37.4 Å². The van der Waals surface area contributed by atoms with Gasteiger partial charge in [0.15, 0.2) is 0 Å². The summed E-state index contributed by atoms with van der Waals surface area (Å²) in [5.41, 5.74) is 0. The van der Waals surface area contributed by atoms with Crippen molar-refractivity contribution in [1.82, 2.24) is 4.90 Å². The number of ketones is 1. The summed E-state index contributed by atoms with van der Waals surface area (Å²) in [5, 5.41) is 0. The maximum absolute atomic E-state index is 11.4. The zero-order valence-corrected chi connectivity index (χ0v) is 9.08. The van der Waals surface area contributed by atoms with Gasteiger partial charge in [0.05, 0.1) is 0 Å². The van der Waals surface area contributed by atoms with Gasteiger partial charge in [-0.15, -0.1) is 0 Å². The molecule has 0 aromatic heterocycles. The van der Waals surface area contributed by atoms with Crippen LogP contribution in [-0.2, 0) is 9.59 Å². The highest BCUT2D eigenvalue weighted by Crippen LogP contribution is 2.17. The lowest BCUT2D eigenvalue weighted by atomic mass is 10.1. The molecule has 0 aliphatic carbocycles. The van der Waals surface area contributed by atoms with Crippen LogP contribution in [0.3, 0.4) is 0 Å². The standard InChI is InChI=1S/C11H19NO2/c1-3-10(13)5-4-6-12-8-9(2)7-11(12)14/h9H,3-8H2,1-2H3. The van der Waals surface area contributed by atoms with E-state index in [4.69, 9.17) is 0 Å². The molecule has 1 aliphatic heterocycles. The minimum absolute atomic E-state index is 0.251. The summed E-state index contributed by atoms with van der Waals surface area (Å²) >= 11 is 0. The summed E-state index contributed by atoms with van der Waals surface area (Å²) in [5.74, 6) is 1.04. The number of likely N-dealkylation sites (tertiary alicyclic amines) is 1. The van der Waals surface area contributed by atoms with Crippen molar-refractivity contribution in [3.8, 4) is 0 Å². The van der Waals surface area contributed by atoms with E-state index in [0.29, 0.717) is 31.0 Å². The van der Waals surface area contributed by atoms with Crippen molar-refractivity contribution in [2.45, 2.75) is 39.5 Å². The predicted molar refractivity (Wildman–Crippen MR) is 54.9 cm³/mol. The van der Waals surface area contributed by atoms with Gasteiger partial charge in [-0.1, -0.05) is 13.8 Å². The first-order valence-corrected chi connectivity index (χ1v) is 5.43. The van der Waals surface area contributed by atoms with Gasteiger partial charge in [-0.3, -0.25) is 9.59 Å². The van der Waals surface area contributed by atoms with E-state index in [0.717, 1.165) is 19.5 Å². The number of amides is 1. The summed E-state index contributed by atoms with van der Waals surface area (Å²) in [4.78, 5) is 24.3. The van der Waals surface area contributed by atoms with Crippen molar-refractivity contribution < 1.29 is 9.59 Å². The van der Waals surface area contributed by atoms with Gasteiger partial charge in [0.1, 0.15) is 5.78 Å². The lowest BCUT2D eigenvalue weighted by Crippen LogP contribution is -2.26. The molecule has 3 heteroatoms. The van der Waals surface area contributed by atoms with E-state index >= 15 is 0 Å². The molecule has 0 N–H and O–H groups in total. The van der Waals surface area contributed by atoms with Crippen LogP contribution in [0.4, 0.5) is 0 Å². The van der Waals surface area contributed by atoms with Gasteiger partial charge < -0.3 is 4.90 Å². The van der Waals surface area contributed by atoms with E-state index in [2.05, 4.69) is 6.92 Å². The first-order chi connectivity index (χ1) is 6.63. The molecule has 0 aromatic rings. The Bertz CT molecular complexity index is 225. The smallest absolute Gasteiger partial charge is 0.222 e. The van der Waals surface area contributed by atoms with Crippen molar-refractivity contribution in [1.29, 1.82) is 0 Å². The average Bonchev–Trinajstić information content (AvgIpc) is 2.45. The first-order valence-electron chi connectivity index (χ1n) is 5.43. The number of hydrogen-bond acceptors (Lipinski definition) is 2. The van der Waals surface area contributed by atoms with Crippen LogP contribution in [0.5, 0.6) is 0 Å². The normalized spacial score (nSPS) is 21.7. The third kappa shape index (κ3) is 3.13.